The second-order valence-corrected chi connectivity index (χ2v) is 16.4. The molecule has 0 spiro atoms. The molecule has 16 heteroatoms. The Morgan fingerprint density at radius 3 is 1.45 bits per heavy atom. The zero-order chi connectivity index (χ0) is 22.5. The highest BCUT2D eigenvalue weighted by atomic mass is 32.4. The summed E-state index contributed by atoms with van der Waals surface area (Å²) in [6, 6.07) is 7.02. The predicted molar refractivity (Wildman–Crippen MR) is 98.1 cm³/mol. The number of hydrogen-bond donors (Lipinski definition) is 0. The molecule has 0 saturated carbocycles. The number of halogens is 6. The molecule has 0 aromatic heterocycles. The lowest BCUT2D eigenvalue weighted by Gasteiger charge is -2.43. The van der Waals surface area contributed by atoms with Gasteiger partial charge in [0, 0.05) is 11.5 Å². The highest BCUT2D eigenvalue weighted by Crippen LogP contribution is 2.82. The van der Waals surface area contributed by atoms with E-state index in [-0.39, 0.29) is 5.56 Å². The SMILES string of the molecule is CS1(OS(=O)(=O)C(F)(F)F)CCS(C)(OS(=O)(=O)C(F)(F)F)C1c1ccccc1. The van der Waals surface area contributed by atoms with Crippen molar-refractivity contribution in [3.05, 3.63) is 35.9 Å². The molecule has 2 atom stereocenters. The lowest BCUT2D eigenvalue weighted by Crippen LogP contribution is -2.30. The molecule has 0 radical (unpaired) electrons. The summed E-state index contributed by atoms with van der Waals surface area (Å²) in [6.07, 6.45) is 2.10. The van der Waals surface area contributed by atoms with E-state index in [2.05, 4.69) is 7.26 Å². The highest BCUT2D eigenvalue weighted by Gasteiger charge is 2.60. The van der Waals surface area contributed by atoms with Gasteiger partial charge >= 0.3 is 31.3 Å². The minimum atomic E-state index is -6.08. The van der Waals surface area contributed by atoms with E-state index in [0.29, 0.717) is 0 Å². The summed E-state index contributed by atoms with van der Waals surface area (Å²) < 4.78 is 131. The summed E-state index contributed by atoms with van der Waals surface area (Å²) in [7, 11) is -18.7. The summed E-state index contributed by atoms with van der Waals surface area (Å²) >= 11 is 0. The Bertz CT molecular complexity index is 902. The Balaban J connectivity index is 2.59. The van der Waals surface area contributed by atoms with Gasteiger partial charge in [-0.3, -0.25) is 0 Å². The minimum absolute atomic E-state index is 0.120. The van der Waals surface area contributed by atoms with Crippen molar-refractivity contribution in [2.75, 3.05) is 24.0 Å². The van der Waals surface area contributed by atoms with Crippen LogP contribution in [0.25, 0.3) is 0 Å². The van der Waals surface area contributed by atoms with Crippen LogP contribution in [0.2, 0.25) is 0 Å². The van der Waals surface area contributed by atoms with Crippen LogP contribution in [0.5, 0.6) is 0 Å². The van der Waals surface area contributed by atoms with Crippen molar-refractivity contribution in [1.29, 1.82) is 0 Å². The van der Waals surface area contributed by atoms with Crippen molar-refractivity contribution in [2.45, 2.75) is 15.6 Å². The second-order valence-electron chi connectivity index (χ2n) is 6.23. The van der Waals surface area contributed by atoms with Crippen LogP contribution in [-0.2, 0) is 27.5 Å². The topological polar surface area (TPSA) is 86.7 Å². The van der Waals surface area contributed by atoms with Crippen LogP contribution in [0.15, 0.2) is 30.3 Å². The molecule has 1 saturated heterocycles. The normalized spacial score (nSPS) is 33.6. The summed E-state index contributed by atoms with van der Waals surface area (Å²) in [4.78, 5) is 0. The second kappa shape index (κ2) is 7.47. The van der Waals surface area contributed by atoms with Crippen molar-refractivity contribution in [1.82, 2.24) is 0 Å². The first-order valence-corrected chi connectivity index (χ1v) is 14.7. The first-order chi connectivity index (χ1) is 12.8. The molecule has 1 fully saturated rings. The molecular formula is C13H16F6O6S4. The molecule has 1 aromatic carbocycles. The Hall–Kier alpha value is -0.680. The average Bonchev–Trinajstić information content (AvgIpc) is 2.75. The first kappa shape index (κ1) is 24.6. The van der Waals surface area contributed by atoms with E-state index in [0.717, 1.165) is 12.5 Å². The van der Waals surface area contributed by atoms with Gasteiger partial charge in [0.1, 0.15) is 0 Å². The summed E-state index contributed by atoms with van der Waals surface area (Å²) in [5.74, 6) is -0.803. The largest absolute Gasteiger partial charge is 0.523 e. The maximum atomic E-state index is 12.8. The van der Waals surface area contributed by atoms with Crippen LogP contribution in [-0.4, -0.2) is 51.9 Å². The third kappa shape index (κ3) is 4.81. The Morgan fingerprint density at radius 1 is 0.793 bits per heavy atom. The van der Waals surface area contributed by atoms with E-state index < -0.39 is 68.0 Å². The molecule has 0 amide bonds. The Kier molecular flexibility index (Phi) is 6.34. The highest BCUT2D eigenvalue weighted by molar-refractivity contribution is 8.49. The van der Waals surface area contributed by atoms with Gasteiger partial charge in [-0.1, -0.05) is 30.3 Å². The smallest absolute Gasteiger partial charge is 0.212 e. The van der Waals surface area contributed by atoms with Crippen molar-refractivity contribution >= 4 is 40.9 Å². The molecule has 170 valence electrons. The van der Waals surface area contributed by atoms with E-state index in [1.165, 1.54) is 30.3 Å². The minimum Gasteiger partial charge on any atom is -0.212 e. The monoisotopic (exact) mass is 510 g/mol. The van der Waals surface area contributed by atoms with E-state index in [9.17, 15) is 43.2 Å². The van der Waals surface area contributed by atoms with E-state index in [4.69, 9.17) is 0 Å². The number of alkyl halides is 6. The fourth-order valence-electron chi connectivity index (χ4n) is 2.79. The van der Waals surface area contributed by atoms with Gasteiger partial charge in [0.05, 0.1) is 4.58 Å². The van der Waals surface area contributed by atoms with E-state index in [1.54, 1.807) is 0 Å². The molecule has 0 aliphatic carbocycles. The van der Waals surface area contributed by atoms with Crippen molar-refractivity contribution < 1.29 is 50.4 Å². The van der Waals surface area contributed by atoms with Gasteiger partial charge in [0.25, 0.3) is 0 Å². The number of benzene rings is 1. The van der Waals surface area contributed by atoms with Gasteiger partial charge in [0.15, 0.2) is 0 Å². The van der Waals surface area contributed by atoms with E-state index >= 15 is 0 Å². The van der Waals surface area contributed by atoms with Gasteiger partial charge in [-0.15, -0.1) is 20.6 Å². The molecule has 2 unspecified atom stereocenters. The van der Waals surface area contributed by atoms with Crippen LogP contribution < -0.4 is 0 Å². The van der Waals surface area contributed by atoms with Crippen molar-refractivity contribution in [2.24, 2.45) is 0 Å². The van der Waals surface area contributed by atoms with Gasteiger partial charge in [-0.05, 0) is 18.1 Å². The lowest BCUT2D eigenvalue weighted by atomic mass is 10.2. The molecule has 29 heavy (non-hydrogen) atoms. The van der Waals surface area contributed by atoms with Crippen LogP contribution in [0.1, 0.15) is 10.1 Å². The molecular weight excluding hydrogens is 494 g/mol. The van der Waals surface area contributed by atoms with Crippen LogP contribution >= 0.6 is 20.6 Å². The maximum absolute atomic E-state index is 12.8. The molecule has 6 nitrogen and oxygen atoms in total. The van der Waals surface area contributed by atoms with Gasteiger partial charge in [0.2, 0.25) is 0 Å². The van der Waals surface area contributed by atoms with Crippen LogP contribution in [0, 0.1) is 0 Å². The zero-order valence-electron chi connectivity index (χ0n) is 14.7. The number of hydrogen-bond acceptors (Lipinski definition) is 6. The first-order valence-electron chi connectivity index (χ1n) is 7.44. The zero-order valence-corrected chi connectivity index (χ0v) is 18.0. The summed E-state index contributed by atoms with van der Waals surface area (Å²) in [5.41, 5.74) is -11.4. The van der Waals surface area contributed by atoms with Gasteiger partial charge < -0.3 is 0 Å². The maximum Gasteiger partial charge on any atom is 0.523 e. The van der Waals surface area contributed by atoms with Gasteiger partial charge in [-0.25, -0.2) is 7.26 Å². The Morgan fingerprint density at radius 2 is 1.14 bits per heavy atom. The quantitative estimate of drug-likeness (QED) is 0.437. The third-order valence-corrected chi connectivity index (χ3v) is 16.1. The fraction of sp³-hybridized carbons (Fsp3) is 0.538. The number of rotatable bonds is 5. The molecule has 1 aliphatic heterocycles. The molecule has 1 aliphatic rings. The van der Waals surface area contributed by atoms with Crippen molar-refractivity contribution in [3.8, 4) is 0 Å². The standard InChI is InChI=1S/C13H16F6O6S4/c1-26(24-28(20,21)12(14,15)16)8-9-27(2,25-29(22,23)13(17,18)19)11(26)10-6-4-3-5-7-10/h3-7,11H,8-9H2,1-2H3. The van der Waals surface area contributed by atoms with Gasteiger partial charge in [-0.2, -0.15) is 43.2 Å². The fourth-order valence-corrected chi connectivity index (χ4v) is 16.9. The summed E-state index contributed by atoms with van der Waals surface area (Å²) in [5, 5.41) is 0. The average molecular weight is 511 g/mol. The lowest BCUT2D eigenvalue weighted by molar-refractivity contribution is -0.0500. The third-order valence-electron chi connectivity index (χ3n) is 3.93. The predicted octanol–water partition coefficient (Wildman–Crippen LogP) is 4.13. The van der Waals surface area contributed by atoms with Crippen LogP contribution in [0.4, 0.5) is 26.3 Å². The molecule has 2 rings (SSSR count). The Labute approximate surface area is 166 Å². The summed E-state index contributed by atoms with van der Waals surface area (Å²) in [6.45, 7) is 0. The van der Waals surface area contributed by atoms with Crippen molar-refractivity contribution in [3.63, 3.8) is 0 Å². The molecule has 0 bridgehead atoms. The van der Waals surface area contributed by atoms with E-state index in [1.807, 2.05) is 0 Å². The molecule has 1 aromatic rings. The molecule has 1 heterocycles. The molecule has 0 N–H and O–H groups in total. The van der Waals surface area contributed by atoms with Crippen LogP contribution in [0.3, 0.4) is 0 Å².